The maximum atomic E-state index is 4.49. The maximum absolute atomic E-state index is 4.49. The van der Waals surface area contributed by atoms with Crippen LogP contribution in [0.1, 0.15) is 5.56 Å². The lowest BCUT2D eigenvalue weighted by molar-refractivity contribution is 0.988. The number of benzene rings is 1. The zero-order chi connectivity index (χ0) is 11.8. The third-order valence-corrected chi connectivity index (χ3v) is 4.47. The van der Waals surface area contributed by atoms with Gasteiger partial charge >= 0.3 is 0 Å². The number of aryl methyl sites for hydroxylation is 1. The Balaban J connectivity index is 1.95. The van der Waals surface area contributed by atoms with E-state index in [0.717, 1.165) is 24.4 Å². The zero-order valence-corrected chi connectivity index (χ0v) is 12.0. The highest BCUT2D eigenvalue weighted by Gasteiger charge is 2.08. The van der Waals surface area contributed by atoms with Crippen LogP contribution in [0.3, 0.4) is 0 Å². The molecule has 0 radical (unpaired) electrons. The molecule has 2 heterocycles. The van der Waals surface area contributed by atoms with Crippen LogP contribution >= 0.6 is 39.0 Å². The summed E-state index contributed by atoms with van der Waals surface area (Å²) in [7, 11) is 0. The molecule has 0 spiro atoms. The molecule has 3 rings (SSSR count). The van der Waals surface area contributed by atoms with Crippen molar-refractivity contribution in [2.75, 3.05) is 0 Å². The lowest BCUT2D eigenvalue weighted by Crippen LogP contribution is -1.74. The summed E-state index contributed by atoms with van der Waals surface area (Å²) in [4.78, 5) is 7.76. The molecule has 0 aliphatic carbocycles. The summed E-state index contributed by atoms with van der Waals surface area (Å²) < 4.78 is 1.65. The summed E-state index contributed by atoms with van der Waals surface area (Å²) in [5, 5.41) is 8.77. The van der Waals surface area contributed by atoms with E-state index in [1.807, 2.05) is 6.07 Å². The molecule has 1 N–H and O–H groups in total. The molecule has 17 heavy (non-hydrogen) atoms. The van der Waals surface area contributed by atoms with Gasteiger partial charge in [0.25, 0.3) is 0 Å². The van der Waals surface area contributed by atoms with Gasteiger partial charge in [-0.1, -0.05) is 17.4 Å². The van der Waals surface area contributed by atoms with Crippen molar-refractivity contribution in [3.8, 4) is 0 Å². The molecular formula is C10H7BrN4S2. The Hall–Kier alpha value is -0.920. The van der Waals surface area contributed by atoms with Gasteiger partial charge in [0.15, 0.2) is 13.4 Å². The molecule has 0 bridgehead atoms. The summed E-state index contributed by atoms with van der Waals surface area (Å²) in [5.41, 5.74) is 3.24. The normalized spacial score (nSPS) is 11.2. The minimum atomic E-state index is 0.784. The molecule has 4 nitrogen and oxygen atoms in total. The van der Waals surface area contributed by atoms with Gasteiger partial charge in [-0.05, 0) is 52.3 Å². The van der Waals surface area contributed by atoms with Gasteiger partial charge in [-0.2, -0.15) is 0 Å². The number of hydrogen-bond donors (Lipinski definition) is 1. The predicted octanol–water partition coefficient (Wildman–Crippen LogP) is 3.64. The van der Waals surface area contributed by atoms with Crippen molar-refractivity contribution < 1.29 is 0 Å². The number of halogens is 1. The highest BCUT2D eigenvalue weighted by atomic mass is 79.9. The van der Waals surface area contributed by atoms with Crippen molar-refractivity contribution >= 4 is 50.1 Å². The molecule has 0 saturated carbocycles. The van der Waals surface area contributed by atoms with E-state index in [-0.39, 0.29) is 0 Å². The predicted molar refractivity (Wildman–Crippen MR) is 72.6 cm³/mol. The number of hydrogen-bond acceptors (Lipinski definition) is 5. The van der Waals surface area contributed by atoms with Crippen molar-refractivity contribution in [1.82, 2.24) is 20.2 Å². The summed E-state index contributed by atoms with van der Waals surface area (Å²) in [5.74, 6) is 0. The Morgan fingerprint density at radius 3 is 3.00 bits per heavy atom. The van der Waals surface area contributed by atoms with Crippen LogP contribution in [0.4, 0.5) is 0 Å². The average molecular weight is 327 g/mol. The van der Waals surface area contributed by atoms with Crippen LogP contribution in [0.2, 0.25) is 0 Å². The Morgan fingerprint density at radius 2 is 2.24 bits per heavy atom. The number of aromatic amines is 1. The van der Waals surface area contributed by atoms with Gasteiger partial charge < -0.3 is 4.98 Å². The van der Waals surface area contributed by atoms with E-state index in [1.165, 1.54) is 28.7 Å². The average Bonchev–Trinajstić information content (AvgIpc) is 2.84. The molecule has 3 aromatic rings. The van der Waals surface area contributed by atoms with Crippen molar-refractivity contribution in [3.63, 3.8) is 0 Å². The van der Waals surface area contributed by atoms with Gasteiger partial charge in [0.05, 0.1) is 11.0 Å². The molecule has 86 valence electrons. The van der Waals surface area contributed by atoms with Crippen molar-refractivity contribution in [2.24, 2.45) is 0 Å². The molecule has 0 unspecified atom stereocenters. The van der Waals surface area contributed by atoms with E-state index in [4.69, 9.17) is 0 Å². The number of imidazole rings is 1. The molecule has 0 amide bonds. The molecule has 0 aliphatic heterocycles. The Labute approximate surface area is 114 Å². The Kier molecular flexibility index (Phi) is 2.89. The molecule has 2 aromatic heterocycles. The van der Waals surface area contributed by atoms with E-state index in [0.29, 0.717) is 0 Å². The van der Waals surface area contributed by atoms with Gasteiger partial charge in [0.2, 0.25) is 0 Å². The first kappa shape index (κ1) is 11.2. The van der Waals surface area contributed by atoms with E-state index in [1.54, 1.807) is 0 Å². The first-order chi connectivity index (χ1) is 8.20. The monoisotopic (exact) mass is 326 g/mol. The van der Waals surface area contributed by atoms with Gasteiger partial charge in [-0.3, -0.25) is 0 Å². The Bertz CT molecular complexity index is 676. The highest BCUT2D eigenvalue weighted by molar-refractivity contribution is 9.11. The van der Waals surface area contributed by atoms with E-state index in [9.17, 15) is 0 Å². The van der Waals surface area contributed by atoms with Gasteiger partial charge in [0, 0.05) is 0 Å². The van der Waals surface area contributed by atoms with Crippen LogP contribution in [-0.2, 0) is 0 Å². The molecule has 7 heteroatoms. The summed E-state index contributed by atoms with van der Waals surface area (Å²) >= 11 is 6.27. The van der Waals surface area contributed by atoms with Crippen LogP contribution in [0, 0.1) is 6.92 Å². The van der Waals surface area contributed by atoms with Gasteiger partial charge in [0.1, 0.15) is 0 Å². The fourth-order valence-corrected chi connectivity index (χ4v) is 3.83. The quantitative estimate of drug-likeness (QED) is 0.781. The molecule has 1 aromatic carbocycles. The lowest BCUT2D eigenvalue weighted by atomic mass is 10.2. The molecular weight excluding hydrogens is 320 g/mol. The van der Waals surface area contributed by atoms with Crippen LogP contribution < -0.4 is 0 Å². The second-order valence-corrected chi connectivity index (χ2v) is 6.98. The number of H-pyrrole nitrogens is 1. The highest BCUT2D eigenvalue weighted by Crippen LogP contribution is 2.31. The SMILES string of the molecule is Cc1ccc2nc(Sc3nnc(Br)s3)[nH]c2c1. The van der Waals surface area contributed by atoms with Crippen molar-refractivity contribution in [1.29, 1.82) is 0 Å². The van der Waals surface area contributed by atoms with Crippen molar-refractivity contribution in [3.05, 3.63) is 27.7 Å². The van der Waals surface area contributed by atoms with Crippen molar-refractivity contribution in [2.45, 2.75) is 16.4 Å². The topological polar surface area (TPSA) is 54.5 Å². The van der Waals surface area contributed by atoms with Crippen LogP contribution in [0.25, 0.3) is 11.0 Å². The van der Waals surface area contributed by atoms with Crippen LogP contribution in [0.5, 0.6) is 0 Å². The third-order valence-electron chi connectivity index (χ3n) is 2.18. The molecule has 0 fully saturated rings. The van der Waals surface area contributed by atoms with Crippen LogP contribution in [0.15, 0.2) is 31.6 Å². The number of rotatable bonds is 2. The minimum absolute atomic E-state index is 0.784. The van der Waals surface area contributed by atoms with Gasteiger partial charge in [-0.25, -0.2) is 4.98 Å². The molecule has 0 aliphatic rings. The number of nitrogens with zero attached hydrogens (tertiary/aromatic N) is 3. The molecule has 0 atom stereocenters. The van der Waals surface area contributed by atoms with Gasteiger partial charge in [-0.15, -0.1) is 10.2 Å². The first-order valence-electron chi connectivity index (χ1n) is 4.84. The summed E-state index contributed by atoms with van der Waals surface area (Å²) in [6.07, 6.45) is 0. The zero-order valence-electron chi connectivity index (χ0n) is 8.77. The fraction of sp³-hybridized carbons (Fsp3) is 0.100. The second-order valence-electron chi connectivity index (χ2n) is 3.49. The minimum Gasteiger partial charge on any atom is -0.333 e. The maximum Gasteiger partial charge on any atom is 0.184 e. The Morgan fingerprint density at radius 1 is 1.35 bits per heavy atom. The number of aromatic nitrogens is 4. The summed E-state index contributed by atoms with van der Waals surface area (Å²) in [6, 6.07) is 6.16. The van der Waals surface area contributed by atoms with E-state index >= 15 is 0 Å². The number of fused-ring (bicyclic) bond motifs is 1. The van der Waals surface area contributed by atoms with Crippen LogP contribution in [-0.4, -0.2) is 20.2 Å². The lowest BCUT2D eigenvalue weighted by Gasteiger charge is -1.89. The fourth-order valence-electron chi connectivity index (χ4n) is 1.47. The standard InChI is InChI=1S/C10H7BrN4S2/c1-5-2-3-6-7(4-5)13-9(12-6)17-10-15-14-8(11)16-10/h2-4H,1H3,(H,12,13). The largest absolute Gasteiger partial charge is 0.333 e. The van der Waals surface area contributed by atoms with E-state index < -0.39 is 0 Å². The number of nitrogens with one attached hydrogen (secondary N) is 1. The third kappa shape index (κ3) is 2.36. The summed E-state index contributed by atoms with van der Waals surface area (Å²) in [6.45, 7) is 2.06. The second kappa shape index (κ2) is 4.40. The smallest absolute Gasteiger partial charge is 0.184 e. The van der Waals surface area contributed by atoms with E-state index in [2.05, 4.69) is 55.2 Å². The molecule has 0 saturated heterocycles. The first-order valence-corrected chi connectivity index (χ1v) is 7.26.